The van der Waals surface area contributed by atoms with Crippen molar-refractivity contribution in [1.82, 2.24) is 4.98 Å². The second-order valence-corrected chi connectivity index (χ2v) is 8.41. The zero-order valence-electron chi connectivity index (χ0n) is 19.4. The lowest BCUT2D eigenvalue weighted by molar-refractivity contribution is -0.384. The van der Waals surface area contributed by atoms with Crippen molar-refractivity contribution in [1.29, 1.82) is 0 Å². The van der Waals surface area contributed by atoms with E-state index in [4.69, 9.17) is 14.1 Å². The maximum absolute atomic E-state index is 13.4. The topological polar surface area (TPSA) is 125 Å². The van der Waals surface area contributed by atoms with Gasteiger partial charge in [0.1, 0.15) is 17.3 Å². The maximum atomic E-state index is 13.4. The first-order valence-corrected chi connectivity index (χ1v) is 11.5. The van der Waals surface area contributed by atoms with Gasteiger partial charge in [0.25, 0.3) is 11.6 Å². The Bertz CT molecular complexity index is 1560. The molecule has 2 aromatic carbocycles. The van der Waals surface area contributed by atoms with E-state index < -0.39 is 34.9 Å². The number of halogens is 1. The molecule has 0 aliphatic heterocycles. The normalized spacial score (nSPS) is 13.8. The van der Waals surface area contributed by atoms with Crippen LogP contribution in [0.4, 0.5) is 15.8 Å². The van der Waals surface area contributed by atoms with Gasteiger partial charge in [-0.15, -0.1) is 0 Å². The molecule has 9 nitrogen and oxygen atoms in total. The van der Waals surface area contributed by atoms with Crippen molar-refractivity contribution in [2.75, 3.05) is 11.9 Å². The van der Waals surface area contributed by atoms with E-state index in [0.29, 0.717) is 40.4 Å². The number of aromatic nitrogens is 1. The van der Waals surface area contributed by atoms with Crippen LogP contribution in [0.5, 0.6) is 0 Å². The summed E-state index contributed by atoms with van der Waals surface area (Å²) in [4.78, 5) is 40.9. The van der Waals surface area contributed by atoms with Crippen LogP contribution in [0, 0.1) is 15.9 Å². The SMILES string of the molecule is O=C(COC(=O)c1c2c(nc3ccccc13)C(=Cc1ccco1)CCC2)Nc1ccc(F)cc1[N+](=O)[O-]. The van der Waals surface area contributed by atoms with E-state index in [0.717, 1.165) is 36.1 Å². The van der Waals surface area contributed by atoms with Gasteiger partial charge in [0.05, 0.1) is 34.0 Å². The van der Waals surface area contributed by atoms with Crippen LogP contribution in [0.25, 0.3) is 22.6 Å². The molecule has 1 N–H and O–H groups in total. The molecule has 1 aliphatic carbocycles. The number of carbonyl (C=O) groups is 2. The van der Waals surface area contributed by atoms with Crippen molar-refractivity contribution < 1.29 is 28.1 Å². The molecule has 2 heterocycles. The molecule has 0 radical (unpaired) electrons. The Morgan fingerprint density at radius 3 is 2.78 bits per heavy atom. The summed E-state index contributed by atoms with van der Waals surface area (Å²) in [6.45, 7) is -0.687. The van der Waals surface area contributed by atoms with Crippen molar-refractivity contribution in [3.8, 4) is 0 Å². The van der Waals surface area contributed by atoms with Crippen LogP contribution >= 0.6 is 0 Å². The number of para-hydroxylation sites is 1. The summed E-state index contributed by atoms with van der Waals surface area (Å²) in [7, 11) is 0. The van der Waals surface area contributed by atoms with Gasteiger partial charge in [-0.3, -0.25) is 14.9 Å². The highest BCUT2D eigenvalue weighted by molar-refractivity contribution is 6.07. The second kappa shape index (κ2) is 10.0. The Morgan fingerprint density at radius 1 is 1.16 bits per heavy atom. The molecule has 5 rings (SSSR count). The fourth-order valence-electron chi connectivity index (χ4n) is 4.40. The molecule has 0 unspecified atom stereocenters. The average molecular weight is 501 g/mol. The van der Waals surface area contributed by atoms with Crippen molar-refractivity contribution in [3.05, 3.63) is 99.4 Å². The Balaban J connectivity index is 1.43. The van der Waals surface area contributed by atoms with Crippen LogP contribution in [0.15, 0.2) is 65.3 Å². The fraction of sp³-hybridized carbons (Fsp3) is 0.148. The number of nitro groups is 1. The molecule has 186 valence electrons. The lowest BCUT2D eigenvalue weighted by atomic mass is 9.86. The van der Waals surface area contributed by atoms with Crippen molar-refractivity contribution in [2.45, 2.75) is 19.3 Å². The minimum atomic E-state index is -0.814. The Morgan fingerprint density at radius 2 is 2.00 bits per heavy atom. The number of carbonyl (C=O) groups excluding carboxylic acids is 2. The summed E-state index contributed by atoms with van der Waals surface area (Å²) >= 11 is 0. The van der Waals surface area contributed by atoms with E-state index in [2.05, 4.69) is 5.32 Å². The van der Waals surface area contributed by atoms with Gasteiger partial charge in [-0.25, -0.2) is 14.2 Å². The van der Waals surface area contributed by atoms with Crippen LogP contribution in [0.2, 0.25) is 0 Å². The molecule has 0 atom stereocenters. The number of furan rings is 1. The highest BCUT2D eigenvalue weighted by Crippen LogP contribution is 2.36. The van der Waals surface area contributed by atoms with Crippen LogP contribution < -0.4 is 5.32 Å². The quantitative estimate of drug-likeness (QED) is 0.209. The molecule has 0 spiro atoms. The molecule has 1 aliphatic rings. The molecule has 0 saturated carbocycles. The number of fused-ring (bicyclic) bond motifs is 2. The van der Waals surface area contributed by atoms with Gasteiger partial charge in [0, 0.05) is 5.39 Å². The molecule has 2 aromatic heterocycles. The van der Waals surface area contributed by atoms with Crippen LogP contribution in [0.3, 0.4) is 0 Å². The number of hydrogen-bond donors (Lipinski definition) is 1. The summed E-state index contributed by atoms with van der Waals surface area (Å²) in [5, 5.41) is 14.1. The fourth-order valence-corrected chi connectivity index (χ4v) is 4.40. The van der Waals surface area contributed by atoms with E-state index in [9.17, 15) is 24.1 Å². The largest absolute Gasteiger partial charge is 0.465 e. The monoisotopic (exact) mass is 501 g/mol. The number of nitrogens with zero attached hydrogens (tertiary/aromatic N) is 2. The van der Waals surface area contributed by atoms with Gasteiger partial charge in [0.15, 0.2) is 6.61 Å². The maximum Gasteiger partial charge on any atom is 0.339 e. The third kappa shape index (κ3) is 4.94. The van der Waals surface area contributed by atoms with Gasteiger partial charge in [0.2, 0.25) is 0 Å². The first kappa shape index (κ1) is 23.9. The molecule has 1 amide bonds. The minimum absolute atomic E-state index is 0.202. The van der Waals surface area contributed by atoms with Gasteiger partial charge in [-0.05, 0) is 66.8 Å². The third-order valence-corrected chi connectivity index (χ3v) is 6.00. The number of allylic oxidation sites excluding steroid dienone is 1. The molecule has 0 bridgehead atoms. The van der Waals surface area contributed by atoms with E-state index in [1.165, 1.54) is 0 Å². The number of pyridine rings is 1. The lowest BCUT2D eigenvalue weighted by Gasteiger charge is -2.22. The summed E-state index contributed by atoms with van der Waals surface area (Å²) in [5.74, 6) is -1.65. The van der Waals surface area contributed by atoms with Crippen LogP contribution in [-0.4, -0.2) is 28.4 Å². The van der Waals surface area contributed by atoms with E-state index in [1.54, 1.807) is 30.5 Å². The van der Waals surface area contributed by atoms with Gasteiger partial charge in [-0.2, -0.15) is 0 Å². The summed E-state index contributed by atoms with van der Waals surface area (Å²) < 4.78 is 24.2. The van der Waals surface area contributed by atoms with Gasteiger partial charge < -0.3 is 14.5 Å². The Kier molecular flexibility index (Phi) is 6.46. The van der Waals surface area contributed by atoms with Crippen molar-refractivity contribution in [3.63, 3.8) is 0 Å². The summed E-state index contributed by atoms with van der Waals surface area (Å²) in [6, 6.07) is 13.6. The minimum Gasteiger partial charge on any atom is -0.465 e. The number of amides is 1. The molecular weight excluding hydrogens is 481 g/mol. The van der Waals surface area contributed by atoms with Gasteiger partial charge >= 0.3 is 5.97 Å². The van der Waals surface area contributed by atoms with Crippen molar-refractivity contribution >= 4 is 45.8 Å². The molecule has 10 heteroatoms. The Hall–Kier alpha value is -4.86. The van der Waals surface area contributed by atoms with E-state index in [-0.39, 0.29) is 5.69 Å². The highest BCUT2D eigenvalue weighted by Gasteiger charge is 2.27. The molecule has 4 aromatic rings. The lowest BCUT2D eigenvalue weighted by Crippen LogP contribution is -2.23. The first-order chi connectivity index (χ1) is 17.9. The number of anilines is 1. The first-order valence-electron chi connectivity index (χ1n) is 11.5. The smallest absolute Gasteiger partial charge is 0.339 e. The number of benzene rings is 2. The van der Waals surface area contributed by atoms with Crippen LogP contribution in [0.1, 0.15) is 40.2 Å². The van der Waals surface area contributed by atoms with Crippen LogP contribution in [-0.2, 0) is 16.0 Å². The van der Waals surface area contributed by atoms with Gasteiger partial charge in [-0.1, -0.05) is 18.2 Å². The molecule has 0 saturated heterocycles. The zero-order valence-corrected chi connectivity index (χ0v) is 19.4. The predicted molar refractivity (Wildman–Crippen MR) is 133 cm³/mol. The number of hydrogen-bond acceptors (Lipinski definition) is 7. The number of nitro benzene ring substituents is 1. The third-order valence-electron chi connectivity index (χ3n) is 6.00. The zero-order chi connectivity index (χ0) is 25.9. The van der Waals surface area contributed by atoms with E-state index in [1.807, 2.05) is 18.2 Å². The number of rotatable bonds is 6. The molecule has 37 heavy (non-hydrogen) atoms. The number of esters is 1. The molecule has 0 fully saturated rings. The number of nitrogens with one attached hydrogen (secondary N) is 1. The predicted octanol–water partition coefficient (Wildman–Crippen LogP) is 5.55. The summed E-state index contributed by atoms with van der Waals surface area (Å²) in [6.07, 6.45) is 5.62. The van der Waals surface area contributed by atoms with Crippen molar-refractivity contribution in [2.24, 2.45) is 0 Å². The molecular formula is C27H20FN3O6. The highest BCUT2D eigenvalue weighted by atomic mass is 19.1. The second-order valence-electron chi connectivity index (χ2n) is 8.41. The Labute approximate surface area is 209 Å². The standard InChI is InChI=1S/C27H20FN3O6/c28-17-10-11-22(23(14-17)31(34)35)29-24(32)15-37-27(33)25-19-7-1-2-9-21(19)30-26-16(5-3-8-20(25)26)13-18-6-4-12-36-18/h1-2,4,6-7,9-14H,3,5,8,15H2,(H,29,32). The van der Waals surface area contributed by atoms with E-state index >= 15 is 0 Å². The summed E-state index contributed by atoms with van der Waals surface area (Å²) in [5.41, 5.74) is 2.45. The average Bonchev–Trinajstić information content (AvgIpc) is 3.40. The number of ether oxygens (including phenoxy) is 1.